The van der Waals surface area contributed by atoms with Crippen molar-refractivity contribution in [3.63, 3.8) is 0 Å². The van der Waals surface area contributed by atoms with Crippen LogP contribution in [0.15, 0.2) is 24.3 Å². The van der Waals surface area contributed by atoms with E-state index in [0.29, 0.717) is 6.54 Å². The molecule has 1 aromatic heterocycles. The Kier molecular flexibility index (Phi) is 4.76. The number of imidazole rings is 1. The molecule has 2 rings (SSSR count). The maximum absolute atomic E-state index is 5.28. The molecule has 1 N–H and O–H groups in total. The summed E-state index contributed by atoms with van der Waals surface area (Å²) in [6, 6.07) is 8.07. The number of aromatic nitrogens is 2. The number of rotatable bonds is 7. The fourth-order valence-electron chi connectivity index (χ4n) is 2.03. The summed E-state index contributed by atoms with van der Waals surface area (Å²) < 4.78 is 12.7. The van der Waals surface area contributed by atoms with Crippen LogP contribution >= 0.6 is 0 Å². The zero-order chi connectivity index (χ0) is 13.7. The summed E-state index contributed by atoms with van der Waals surface area (Å²) in [7, 11) is 3.29. The monoisotopic (exact) mass is 263 g/mol. The van der Waals surface area contributed by atoms with E-state index in [1.54, 1.807) is 14.2 Å². The Balaban J connectivity index is 2.35. The highest BCUT2D eigenvalue weighted by atomic mass is 16.7. The minimum Gasteiger partial charge on any atom is -0.356 e. The van der Waals surface area contributed by atoms with E-state index in [9.17, 15) is 0 Å². The van der Waals surface area contributed by atoms with Crippen LogP contribution in [0.5, 0.6) is 0 Å². The minimum absolute atomic E-state index is 0.278. The molecule has 1 heterocycles. The number of hydrogen-bond acceptors (Lipinski definition) is 4. The third-order valence-corrected chi connectivity index (χ3v) is 3.05. The van der Waals surface area contributed by atoms with Crippen molar-refractivity contribution >= 4 is 17.0 Å². The second-order valence-electron chi connectivity index (χ2n) is 4.36. The van der Waals surface area contributed by atoms with Gasteiger partial charge >= 0.3 is 0 Å². The maximum Gasteiger partial charge on any atom is 0.204 e. The molecule has 0 bridgehead atoms. The van der Waals surface area contributed by atoms with Gasteiger partial charge in [0.25, 0.3) is 0 Å². The highest BCUT2D eigenvalue weighted by Gasteiger charge is 2.14. The molecule has 0 aliphatic carbocycles. The van der Waals surface area contributed by atoms with E-state index < -0.39 is 0 Å². The van der Waals surface area contributed by atoms with Crippen molar-refractivity contribution in [1.29, 1.82) is 0 Å². The number of anilines is 1. The van der Waals surface area contributed by atoms with E-state index in [-0.39, 0.29) is 6.29 Å². The molecule has 5 nitrogen and oxygen atoms in total. The lowest BCUT2D eigenvalue weighted by atomic mass is 10.3. The molecule has 0 spiro atoms. The van der Waals surface area contributed by atoms with Gasteiger partial charge in [-0.2, -0.15) is 0 Å². The van der Waals surface area contributed by atoms with Crippen LogP contribution in [0.4, 0.5) is 5.95 Å². The van der Waals surface area contributed by atoms with Gasteiger partial charge in [0.05, 0.1) is 17.6 Å². The van der Waals surface area contributed by atoms with Gasteiger partial charge in [0.1, 0.15) is 0 Å². The quantitative estimate of drug-likeness (QED) is 0.780. The molecule has 0 radical (unpaired) electrons. The first-order valence-electron chi connectivity index (χ1n) is 6.54. The normalized spacial score (nSPS) is 11.4. The van der Waals surface area contributed by atoms with Crippen LogP contribution < -0.4 is 5.32 Å². The third-order valence-electron chi connectivity index (χ3n) is 3.05. The summed E-state index contributed by atoms with van der Waals surface area (Å²) in [5.41, 5.74) is 2.06. The highest BCUT2D eigenvalue weighted by molar-refractivity contribution is 5.78. The zero-order valence-electron chi connectivity index (χ0n) is 11.7. The smallest absolute Gasteiger partial charge is 0.204 e. The molecule has 104 valence electrons. The van der Waals surface area contributed by atoms with Crippen molar-refractivity contribution in [2.45, 2.75) is 26.2 Å². The lowest BCUT2D eigenvalue weighted by Gasteiger charge is -2.16. The number of fused-ring (bicyclic) bond motifs is 1. The summed E-state index contributed by atoms with van der Waals surface area (Å²) in [4.78, 5) is 4.61. The molecule has 0 unspecified atom stereocenters. The summed E-state index contributed by atoms with van der Waals surface area (Å²) >= 11 is 0. The average Bonchev–Trinajstić information content (AvgIpc) is 2.80. The molecule has 0 atom stereocenters. The fraction of sp³-hybridized carbons (Fsp3) is 0.500. The predicted octanol–water partition coefficient (Wildman–Crippen LogP) is 2.48. The van der Waals surface area contributed by atoms with E-state index in [0.717, 1.165) is 29.9 Å². The van der Waals surface area contributed by atoms with Gasteiger partial charge in [0.2, 0.25) is 5.95 Å². The second kappa shape index (κ2) is 6.54. The molecular formula is C14H21N3O2. The molecule has 2 aromatic rings. The van der Waals surface area contributed by atoms with Crippen LogP contribution in [0.25, 0.3) is 11.0 Å². The first kappa shape index (κ1) is 13.8. The van der Waals surface area contributed by atoms with Gasteiger partial charge in [0.15, 0.2) is 6.29 Å². The van der Waals surface area contributed by atoms with Crippen LogP contribution in [-0.4, -0.2) is 36.6 Å². The third kappa shape index (κ3) is 3.05. The van der Waals surface area contributed by atoms with Crippen LogP contribution in [0.2, 0.25) is 0 Å². The summed E-state index contributed by atoms with van der Waals surface area (Å²) in [6.45, 7) is 3.64. The molecule has 0 aliphatic heterocycles. The van der Waals surface area contributed by atoms with E-state index in [1.807, 2.05) is 18.2 Å². The lowest BCUT2D eigenvalue weighted by molar-refractivity contribution is -0.110. The van der Waals surface area contributed by atoms with Gasteiger partial charge in [-0.15, -0.1) is 0 Å². The van der Waals surface area contributed by atoms with Crippen LogP contribution in [0.1, 0.15) is 13.3 Å². The Hall–Kier alpha value is -1.59. The maximum atomic E-state index is 5.28. The molecule has 0 amide bonds. The minimum atomic E-state index is -0.278. The van der Waals surface area contributed by atoms with E-state index >= 15 is 0 Å². The first-order valence-corrected chi connectivity index (χ1v) is 6.54. The van der Waals surface area contributed by atoms with E-state index in [4.69, 9.17) is 9.47 Å². The first-order chi connectivity index (χ1) is 9.30. The number of benzene rings is 1. The van der Waals surface area contributed by atoms with Crippen molar-refractivity contribution in [1.82, 2.24) is 9.55 Å². The second-order valence-corrected chi connectivity index (χ2v) is 4.36. The van der Waals surface area contributed by atoms with Crippen LogP contribution in [0, 0.1) is 0 Å². The number of methoxy groups -OCH3 is 2. The molecule has 1 aromatic carbocycles. The largest absolute Gasteiger partial charge is 0.356 e. The topological polar surface area (TPSA) is 48.3 Å². The summed E-state index contributed by atoms with van der Waals surface area (Å²) in [5.74, 6) is 0.863. The highest BCUT2D eigenvalue weighted by Crippen LogP contribution is 2.20. The van der Waals surface area contributed by atoms with Crippen LogP contribution in [-0.2, 0) is 16.0 Å². The number of hydrogen-bond donors (Lipinski definition) is 1. The Morgan fingerprint density at radius 1 is 1.26 bits per heavy atom. The molecule has 5 heteroatoms. The van der Waals surface area contributed by atoms with Gasteiger partial charge in [-0.25, -0.2) is 4.98 Å². The molecule has 0 fully saturated rings. The summed E-state index contributed by atoms with van der Waals surface area (Å²) in [6.07, 6.45) is 0.779. The van der Waals surface area contributed by atoms with Crippen molar-refractivity contribution in [3.8, 4) is 0 Å². The Morgan fingerprint density at radius 3 is 2.68 bits per heavy atom. The van der Waals surface area contributed by atoms with Crippen molar-refractivity contribution in [3.05, 3.63) is 24.3 Å². The van der Waals surface area contributed by atoms with Crippen molar-refractivity contribution < 1.29 is 9.47 Å². The molecule has 0 saturated heterocycles. The lowest BCUT2D eigenvalue weighted by Crippen LogP contribution is -2.22. The van der Waals surface area contributed by atoms with Crippen LogP contribution in [0.3, 0.4) is 0 Å². The van der Waals surface area contributed by atoms with E-state index in [2.05, 4.69) is 27.9 Å². The summed E-state index contributed by atoms with van der Waals surface area (Å²) in [5, 5.41) is 3.35. The van der Waals surface area contributed by atoms with Gasteiger partial charge in [-0.05, 0) is 18.6 Å². The van der Waals surface area contributed by atoms with Gasteiger partial charge in [-0.3, -0.25) is 0 Å². The van der Waals surface area contributed by atoms with Gasteiger partial charge in [0, 0.05) is 20.8 Å². The number of nitrogens with zero attached hydrogens (tertiary/aromatic N) is 2. The van der Waals surface area contributed by atoms with Crippen molar-refractivity contribution in [2.75, 3.05) is 26.1 Å². The number of para-hydroxylation sites is 2. The Bertz CT molecular complexity index is 520. The molecule has 0 aliphatic rings. The fourth-order valence-corrected chi connectivity index (χ4v) is 2.03. The van der Waals surface area contributed by atoms with Gasteiger partial charge in [-0.1, -0.05) is 19.1 Å². The average molecular weight is 263 g/mol. The zero-order valence-corrected chi connectivity index (χ0v) is 11.7. The van der Waals surface area contributed by atoms with Gasteiger partial charge < -0.3 is 19.4 Å². The van der Waals surface area contributed by atoms with E-state index in [1.165, 1.54) is 0 Å². The number of nitrogens with one attached hydrogen (secondary N) is 1. The molecule has 0 saturated carbocycles. The standard InChI is InChI=1S/C14H21N3O2/c1-4-9-15-14-16-11-7-5-6-8-12(11)17(14)10-13(18-2)19-3/h5-8,13H,4,9-10H2,1-3H3,(H,15,16). The number of ether oxygens (including phenoxy) is 2. The Morgan fingerprint density at radius 2 is 2.00 bits per heavy atom. The van der Waals surface area contributed by atoms with Crippen molar-refractivity contribution in [2.24, 2.45) is 0 Å². The predicted molar refractivity (Wildman–Crippen MR) is 76.3 cm³/mol. The molecule has 19 heavy (non-hydrogen) atoms. The Labute approximate surface area is 113 Å². The SMILES string of the molecule is CCCNc1nc2ccccc2n1CC(OC)OC. The molecular weight excluding hydrogens is 242 g/mol.